The summed E-state index contributed by atoms with van der Waals surface area (Å²) in [5.74, 6) is -0.411. The van der Waals surface area contributed by atoms with Crippen LogP contribution in [-0.4, -0.2) is 126 Å². The van der Waals surface area contributed by atoms with Gasteiger partial charge in [0.1, 0.15) is 13.2 Å². The molecule has 0 aromatic rings. The van der Waals surface area contributed by atoms with Gasteiger partial charge < -0.3 is 28.4 Å². The number of hydrogen-bond acceptors (Lipinski definition) is 10. The molecule has 35 heavy (non-hydrogen) atoms. The molecule has 2 unspecified atom stereocenters. The molecule has 0 aromatic carbocycles. The average Bonchev–Trinajstić information content (AvgIpc) is 2.87. The number of hydrogen-bond donors (Lipinski definition) is 0. The third-order valence-electron chi connectivity index (χ3n) is 5.95. The van der Waals surface area contributed by atoms with Gasteiger partial charge in [0.15, 0.2) is 0 Å². The van der Waals surface area contributed by atoms with Crippen molar-refractivity contribution >= 4 is 11.9 Å². The van der Waals surface area contributed by atoms with E-state index in [4.69, 9.17) is 28.4 Å². The molecule has 2 fully saturated rings. The Morgan fingerprint density at radius 2 is 1.11 bits per heavy atom. The Hall–Kier alpha value is -1.30. The molecule has 0 aliphatic carbocycles. The Morgan fingerprint density at radius 3 is 1.49 bits per heavy atom. The Bertz CT molecular complexity index is 556. The SMILES string of the molecule is CC(COC(=O)CCN1CCOCC1)OCC(C)(C)COC(C)COC(=O)CCN1CCOCC1. The fourth-order valence-corrected chi connectivity index (χ4v) is 3.59. The Kier molecular flexibility index (Phi) is 14.1. The summed E-state index contributed by atoms with van der Waals surface area (Å²) in [5, 5.41) is 0. The van der Waals surface area contributed by atoms with E-state index in [-0.39, 0.29) is 42.8 Å². The molecule has 204 valence electrons. The van der Waals surface area contributed by atoms with Crippen molar-refractivity contribution in [3.8, 4) is 0 Å². The van der Waals surface area contributed by atoms with Gasteiger partial charge in [0.25, 0.3) is 0 Å². The molecule has 2 atom stereocenters. The van der Waals surface area contributed by atoms with E-state index in [0.717, 1.165) is 52.6 Å². The maximum absolute atomic E-state index is 12.0. The van der Waals surface area contributed by atoms with E-state index < -0.39 is 0 Å². The third-order valence-corrected chi connectivity index (χ3v) is 5.95. The lowest BCUT2D eigenvalue weighted by atomic mass is 9.96. The van der Waals surface area contributed by atoms with Crippen LogP contribution in [0.15, 0.2) is 0 Å². The Labute approximate surface area is 210 Å². The van der Waals surface area contributed by atoms with Crippen molar-refractivity contribution in [1.82, 2.24) is 9.80 Å². The van der Waals surface area contributed by atoms with Crippen molar-refractivity contribution in [1.29, 1.82) is 0 Å². The zero-order valence-electron chi connectivity index (χ0n) is 22.1. The molecule has 0 spiro atoms. The molecule has 2 heterocycles. The van der Waals surface area contributed by atoms with Crippen LogP contribution in [0.1, 0.15) is 40.5 Å². The largest absolute Gasteiger partial charge is 0.463 e. The maximum Gasteiger partial charge on any atom is 0.307 e. The highest BCUT2D eigenvalue weighted by molar-refractivity contribution is 5.69. The number of esters is 2. The van der Waals surface area contributed by atoms with Crippen molar-refractivity contribution in [2.24, 2.45) is 5.41 Å². The highest BCUT2D eigenvalue weighted by Crippen LogP contribution is 2.18. The molecular formula is C25H46N2O8. The second kappa shape index (κ2) is 16.4. The number of morpholine rings is 2. The molecule has 0 amide bonds. The molecule has 2 saturated heterocycles. The summed E-state index contributed by atoms with van der Waals surface area (Å²) in [5.41, 5.74) is -0.233. The molecule has 10 nitrogen and oxygen atoms in total. The van der Waals surface area contributed by atoms with E-state index in [1.807, 2.05) is 13.8 Å². The van der Waals surface area contributed by atoms with Gasteiger partial charge in [0.2, 0.25) is 0 Å². The van der Waals surface area contributed by atoms with Gasteiger partial charge in [-0.25, -0.2) is 0 Å². The van der Waals surface area contributed by atoms with Crippen molar-refractivity contribution in [2.75, 3.05) is 92.1 Å². The predicted molar refractivity (Wildman–Crippen MR) is 130 cm³/mol. The van der Waals surface area contributed by atoms with Crippen LogP contribution in [0.25, 0.3) is 0 Å². The Morgan fingerprint density at radius 1 is 0.743 bits per heavy atom. The van der Waals surface area contributed by atoms with E-state index >= 15 is 0 Å². The number of ether oxygens (including phenoxy) is 6. The maximum atomic E-state index is 12.0. The second-order valence-electron chi connectivity index (χ2n) is 10.2. The summed E-state index contributed by atoms with van der Waals surface area (Å²) in [7, 11) is 0. The van der Waals surface area contributed by atoms with E-state index in [2.05, 4.69) is 23.6 Å². The molecule has 0 bridgehead atoms. The highest BCUT2D eigenvalue weighted by atomic mass is 16.6. The van der Waals surface area contributed by atoms with Gasteiger partial charge in [-0.15, -0.1) is 0 Å². The van der Waals surface area contributed by atoms with Crippen LogP contribution < -0.4 is 0 Å². The molecule has 10 heteroatoms. The lowest BCUT2D eigenvalue weighted by Gasteiger charge is -2.28. The number of nitrogens with zero attached hydrogens (tertiary/aromatic N) is 2. The van der Waals surface area contributed by atoms with Crippen LogP contribution in [0.4, 0.5) is 0 Å². The average molecular weight is 503 g/mol. The summed E-state index contributed by atoms with van der Waals surface area (Å²) in [6.45, 7) is 17.0. The summed E-state index contributed by atoms with van der Waals surface area (Å²) < 4.78 is 33.1. The van der Waals surface area contributed by atoms with Crippen LogP contribution in [0.2, 0.25) is 0 Å². The van der Waals surface area contributed by atoms with Gasteiger partial charge in [0.05, 0.1) is 64.7 Å². The van der Waals surface area contributed by atoms with Gasteiger partial charge >= 0.3 is 11.9 Å². The van der Waals surface area contributed by atoms with Crippen molar-refractivity contribution in [3.63, 3.8) is 0 Å². The number of carbonyl (C=O) groups excluding carboxylic acids is 2. The smallest absolute Gasteiger partial charge is 0.307 e. The molecule has 0 saturated carbocycles. The molecule has 0 aromatic heterocycles. The molecule has 2 aliphatic rings. The molecule has 0 radical (unpaired) electrons. The van der Waals surface area contributed by atoms with Crippen LogP contribution in [-0.2, 0) is 38.0 Å². The van der Waals surface area contributed by atoms with Crippen LogP contribution in [0.5, 0.6) is 0 Å². The number of rotatable bonds is 16. The first-order chi connectivity index (χ1) is 16.7. The van der Waals surface area contributed by atoms with Gasteiger partial charge in [0, 0.05) is 44.7 Å². The summed E-state index contributed by atoms with van der Waals surface area (Å²) >= 11 is 0. The van der Waals surface area contributed by atoms with Crippen molar-refractivity contribution in [3.05, 3.63) is 0 Å². The molecule has 2 rings (SSSR count). The quantitative estimate of drug-likeness (QED) is 0.288. The van der Waals surface area contributed by atoms with Crippen LogP contribution >= 0.6 is 0 Å². The first-order valence-corrected chi connectivity index (χ1v) is 12.9. The predicted octanol–water partition coefficient (Wildman–Crippen LogP) is 1.35. The highest BCUT2D eigenvalue weighted by Gasteiger charge is 2.22. The second-order valence-corrected chi connectivity index (χ2v) is 10.2. The van der Waals surface area contributed by atoms with Crippen LogP contribution in [0, 0.1) is 5.41 Å². The Balaban J connectivity index is 1.50. The minimum atomic E-state index is -0.233. The summed E-state index contributed by atoms with van der Waals surface area (Å²) in [6.07, 6.45) is 0.349. The van der Waals surface area contributed by atoms with E-state index in [1.165, 1.54) is 0 Å². The minimum absolute atomic E-state index is 0.202. The third kappa shape index (κ3) is 14.1. The minimum Gasteiger partial charge on any atom is -0.463 e. The summed E-state index contributed by atoms with van der Waals surface area (Å²) in [4.78, 5) is 28.4. The summed E-state index contributed by atoms with van der Waals surface area (Å²) in [6, 6.07) is 0. The number of carbonyl (C=O) groups is 2. The fraction of sp³-hybridized carbons (Fsp3) is 0.920. The fourth-order valence-electron chi connectivity index (χ4n) is 3.59. The lowest BCUT2D eigenvalue weighted by molar-refractivity contribution is -0.150. The van der Waals surface area contributed by atoms with Gasteiger partial charge in [-0.05, 0) is 13.8 Å². The van der Waals surface area contributed by atoms with Crippen LogP contribution in [0.3, 0.4) is 0 Å². The monoisotopic (exact) mass is 502 g/mol. The molecule has 2 aliphatic heterocycles. The zero-order valence-corrected chi connectivity index (χ0v) is 22.1. The molecular weight excluding hydrogens is 456 g/mol. The van der Waals surface area contributed by atoms with Gasteiger partial charge in [-0.2, -0.15) is 0 Å². The lowest BCUT2D eigenvalue weighted by Crippen LogP contribution is -2.38. The van der Waals surface area contributed by atoms with Gasteiger partial charge in [-0.1, -0.05) is 13.8 Å². The van der Waals surface area contributed by atoms with Crippen molar-refractivity contribution < 1.29 is 38.0 Å². The molecule has 0 N–H and O–H groups in total. The first-order valence-electron chi connectivity index (χ1n) is 12.9. The standard InChI is InChI=1S/C25H46N2O8/c1-21(17-32-23(28)5-7-26-9-13-30-14-10-26)34-19-25(3,4)20-35-22(2)18-33-24(29)6-8-27-11-15-31-16-12-27/h21-22H,5-20H2,1-4H3. The van der Waals surface area contributed by atoms with E-state index in [0.29, 0.717) is 39.1 Å². The normalized spacial score (nSPS) is 19.8. The van der Waals surface area contributed by atoms with Gasteiger partial charge in [-0.3, -0.25) is 19.4 Å². The topological polar surface area (TPSA) is 96.0 Å². The van der Waals surface area contributed by atoms with Crippen molar-refractivity contribution in [2.45, 2.75) is 52.7 Å². The van der Waals surface area contributed by atoms with E-state index in [1.54, 1.807) is 0 Å². The first kappa shape index (κ1) is 29.9. The van der Waals surface area contributed by atoms with E-state index in [9.17, 15) is 9.59 Å². The zero-order chi connectivity index (χ0) is 25.5.